The summed E-state index contributed by atoms with van der Waals surface area (Å²) >= 11 is 5.91. The summed E-state index contributed by atoms with van der Waals surface area (Å²) in [5.74, 6) is 0.503. The highest BCUT2D eigenvalue weighted by atomic mass is 35.5. The minimum Gasteiger partial charge on any atom is -0.321 e. The molecule has 0 saturated heterocycles. The van der Waals surface area contributed by atoms with Gasteiger partial charge in [-0.2, -0.15) is 0 Å². The Labute approximate surface area is 133 Å². The number of rotatable bonds is 3. The molecule has 1 aromatic heterocycles. The van der Waals surface area contributed by atoms with Gasteiger partial charge in [0.1, 0.15) is 18.2 Å². The largest absolute Gasteiger partial charge is 0.321 e. The van der Waals surface area contributed by atoms with Crippen LogP contribution in [0.25, 0.3) is 6.08 Å². The fourth-order valence-corrected chi connectivity index (χ4v) is 2.35. The zero-order valence-corrected chi connectivity index (χ0v) is 13.1. The topological polar surface area (TPSA) is 53.4 Å². The summed E-state index contributed by atoms with van der Waals surface area (Å²) < 4.78 is 1.92. The van der Waals surface area contributed by atoms with Gasteiger partial charge in [0, 0.05) is 37.2 Å². The highest BCUT2D eigenvalue weighted by molar-refractivity contribution is 6.30. The SMILES string of the molecule is CN(C)N1C=Cc2nc(C(=O)Nc3cccc(Cl)c3)cn2C1. The van der Waals surface area contributed by atoms with E-state index in [0.29, 0.717) is 23.1 Å². The van der Waals surface area contributed by atoms with Gasteiger partial charge in [-0.15, -0.1) is 0 Å². The molecule has 2 heterocycles. The van der Waals surface area contributed by atoms with E-state index in [4.69, 9.17) is 11.6 Å². The number of imidazole rings is 1. The molecule has 1 amide bonds. The van der Waals surface area contributed by atoms with E-state index in [0.717, 1.165) is 5.82 Å². The second-order valence-corrected chi connectivity index (χ2v) is 5.60. The van der Waals surface area contributed by atoms with Crippen molar-refractivity contribution in [3.05, 3.63) is 53.2 Å². The molecule has 1 aromatic carbocycles. The molecule has 114 valence electrons. The monoisotopic (exact) mass is 317 g/mol. The third-order valence-electron chi connectivity index (χ3n) is 3.33. The number of halogens is 1. The first-order valence-electron chi connectivity index (χ1n) is 6.79. The van der Waals surface area contributed by atoms with Crippen LogP contribution in [0, 0.1) is 0 Å². The van der Waals surface area contributed by atoms with E-state index in [1.165, 1.54) is 0 Å². The van der Waals surface area contributed by atoms with Crippen molar-refractivity contribution in [3.63, 3.8) is 0 Å². The molecule has 2 aromatic rings. The van der Waals surface area contributed by atoms with E-state index >= 15 is 0 Å². The average Bonchev–Trinajstić information content (AvgIpc) is 2.90. The quantitative estimate of drug-likeness (QED) is 0.945. The van der Waals surface area contributed by atoms with E-state index in [1.54, 1.807) is 30.5 Å². The highest BCUT2D eigenvalue weighted by Crippen LogP contribution is 2.17. The van der Waals surface area contributed by atoms with E-state index in [9.17, 15) is 4.79 Å². The lowest BCUT2D eigenvalue weighted by atomic mass is 10.3. The van der Waals surface area contributed by atoms with Gasteiger partial charge in [0.25, 0.3) is 5.91 Å². The standard InChI is InChI=1S/C15H16ClN5O/c1-19(2)21-7-6-14-18-13(9-20(14)10-21)15(22)17-12-5-3-4-11(16)8-12/h3-9H,10H2,1-2H3,(H,17,22). The molecule has 0 atom stereocenters. The van der Waals surface area contributed by atoms with Gasteiger partial charge >= 0.3 is 0 Å². The second-order valence-electron chi connectivity index (χ2n) is 5.16. The summed E-state index contributed by atoms with van der Waals surface area (Å²) in [6.07, 6.45) is 5.55. The molecule has 3 rings (SSSR count). The number of nitrogens with zero attached hydrogens (tertiary/aromatic N) is 4. The minimum atomic E-state index is -0.256. The Morgan fingerprint density at radius 3 is 2.95 bits per heavy atom. The molecule has 0 radical (unpaired) electrons. The van der Waals surface area contributed by atoms with Gasteiger partial charge in [-0.1, -0.05) is 17.7 Å². The number of aromatic nitrogens is 2. The van der Waals surface area contributed by atoms with Crippen LogP contribution in [0.3, 0.4) is 0 Å². The van der Waals surface area contributed by atoms with Crippen molar-refractivity contribution in [2.24, 2.45) is 0 Å². The molecule has 6 nitrogen and oxygen atoms in total. The van der Waals surface area contributed by atoms with E-state index < -0.39 is 0 Å². The van der Waals surface area contributed by atoms with Crippen molar-refractivity contribution >= 4 is 29.3 Å². The van der Waals surface area contributed by atoms with Crippen molar-refractivity contribution < 1.29 is 4.79 Å². The van der Waals surface area contributed by atoms with Crippen LogP contribution in [-0.2, 0) is 6.67 Å². The number of hydrogen-bond donors (Lipinski definition) is 1. The smallest absolute Gasteiger partial charge is 0.275 e. The molecule has 1 aliphatic rings. The first-order chi connectivity index (χ1) is 10.5. The first-order valence-corrected chi connectivity index (χ1v) is 7.17. The third kappa shape index (κ3) is 2.98. The van der Waals surface area contributed by atoms with E-state index in [1.807, 2.05) is 41.0 Å². The average molecular weight is 318 g/mol. The van der Waals surface area contributed by atoms with Crippen LogP contribution >= 0.6 is 11.6 Å². The summed E-state index contributed by atoms with van der Waals surface area (Å²) in [7, 11) is 3.91. The van der Waals surface area contributed by atoms with Crippen LogP contribution in [0.15, 0.2) is 36.7 Å². The van der Waals surface area contributed by atoms with E-state index in [-0.39, 0.29) is 5.91 Å². The Morgan fingerprint density at radius 2 is 2.23 bits per heavy atom. The second kappa shape index (κ2) is 5.82. The molecule has 0 bridgehead atoms. The summed E-state index contributed by atoms with van der Waals surface area (Å²) in [5, 5.41) is 7.34. The first kappa shape index (κ1) is 14.6. The zero-order valence-electron chi connectivity index (χ0n) is 12.3. The van der Waals surface area contributed by atoms with Gasteiger partial charge in [-0.05, 0) is 24.3 Å². The van der Waals surface area contributed by atoms with Crippen LogP contribution in [0.4, 0.5) is 5.69 Å². The lowest BCUT2D eigenvalue weighted by molar-refractivity contribution is 0.0466. The Hall–Kier alpha value is -2.31. The van der Waals surface area contributed by atoms with Crippen molar-refractivity contribution in [2.75, 3.05) is 19.4 Å². The summed E-state index contributed by atoms with van der Waals surface area (Å²) in [6, 6.07) is 7.03. The normalized spacial score (nSPS) is 13.4. The lowest BCUT2D eigenvalue weighted by Crippen LogP contribution is -2.35. The number of hydrazine groups is 1. The maximum atomic E-state index is 12.3. The van der Waals surface area contributed by atoms with Gasteiger partial charge in [0.05, 0.1) is 0 Å². The fraction of sp³-hybridized carbons (Fsp3) is 0.200. The number of nitrogens with one attached hydrogen (secondary N) is 1. The number of fused-ring (bicyclic) bond motifs is 1. The van der Waals surface area contributed by atoms with E-state index in [2.05, 4.69) is 10.3 Å². The van der Waals surface area contributed by atoms with Crippen molar-refractivity contribution in [1.82, 2.24) is 19.6 Å². The maximum absolute atomic E-state index is 12.3. The minimum absolute atomic E-state index is 0.256. The van der Waals surface area contributed by atoms with Crippen molar-refractivity contribution in [2.45, 2.75) is 6.67 Å². The van der Waals surface area contributed by atoms with Gasteiger partial charge in [-0.25, -0.2) is 9.99 Å². The zero-order chi connectivity index (χ0) is 15.7. The molecule has 0 spiro atoms. The predicted octanol–water partition coefficient (Wildman–Crippen LogP) is 2.51. The van der Waals surface area contributed by atoms with Crippen LogP contribution in [-0.4, -0.2) is 39.6 Å². The van der Waals surface area contributed by atoms with Crippen LogP contribution in [0.2, 0.25) is 5.02 Å². The number of anilines is 1. The molecular formula is C15H16ClN5O. The summed E-state index contributed by atoms with van der Waals surface area (Å²) in [5.41, 5.74) is 1.02. The number of hydrogen-bond acceptors (Lipinski definition) is 4. The van der Waals surface area contributed by atoms with Crippen LogP contribution in [0.1, 0.15) is 16.3 Å². The Balaban J connectivity index is 1.77. The van der Waals surface area contributed by atoms with Crippen LogP contribution < -0.4 is 5.32 Å². The Kier molecular flexibility index (Phi) is 3.87. The number of carbonyl (C=O) groups excluding carboxylic acids is 1. The molecule has 22 heavy (non-hydrogen) atoms. The van der Waals surface area contributed by atoms with Gasteiger partial charge in [-0.3, -0.25) is 9.80 Å². The molecule has 0 aliphatic carbocycles. The van der Waals surface area contributed by atoms with Gasteiger partial charge < -0.3 is 9.88 Å². The molecule has 0 unspecified atom stereocenters. The summed E-state index contributed by atoms with van der Waals surface area (Å²) in [6.45, 7) is 0.621. The molecule has 1 N–H and O–H groups in total. The molecule has 0 saturated carbocycles. The Morgan fingerprint density at radius 1 is 1.41 bits per heavy atom. The number of benzene rings is 1. The lowest BCUT2D eigenvalue weighted by Gasteiger charge is -2.30. The van der Waals surface area contributed by atoms with Gasteiger partial charge in [0.15, 0.2) is 0 Å². The molecule has 1 aliphatic heterocycles. The Bertz CT molecular complexity index is 737. The van der Waals surface area contributed by atoms with Crippen molar-refractivity contribution in [3.8, 4) is 0 Å². The van der Waals surface area contributed by atoms with Crippen molar-refractivity contribution in [1.29, 1.82) is 0 Å². The predicted molar refractivity (Wildman–Crippen MR) is 86.2 cm³/mol. The molecule has 0 fully saturated rings. The number of amides is 1. The van der Waals surface area contributed by atoms with Crippen LogP contribution in [0.5, 0.6) is 0 Å². The molecular weight excluding hydrogens is 302 g/mol. The van der Waals surface area contributed by atoms with Gasteiger partial charge in [0.2, 0.25) is 0 Å². The highest BCUT2D eigenvalue weighted by Gasteiger charge is 2.17. The maximum Gasteiger partial charge on any atom is 0.275 e. The fourth-order valence-electron chi connectivity index (χ4n) is 2.16. The summed E-state index contributed by atoms with van der Waals surface area (Å²) in [4.78, 5) is 16.6. The third-order valence-corrected chi connectivity index (χ3v) is 3.56. The molecule has 7 heteroatoms. The number of carbonyl (C=O) groups is 1.